The molecule has 3 rings (SSSR count). The molecule has 0 aliphatic heterocycles. The minimum absolute atomic E-state index is 0.215. The van der Waals surface area contributed by atoms with Crippen LogP contribution < -0.4 is 10.6 Å². The number of urea groups is 1. The second kappa shape index (κ2) is 6.46. The van der Waals surface area contributed by atoms with Crippen LogP contribution in [-0.4, -0.2) is 22.7 Å². The molecular formula is C16H19N3O2S. The van der Waals surface area contributed by atoms with E-state index in [0.717, 1.165) is 24.1 Å². The molecule has 1 aliphatic rings. The Morgan fingerprint density at radius 3 is 3.05 bits per heavy atom. The molecule has 0 radical (unpaired) electrons. The first-order chi connectivity index (χ1) is 10.7. The number of carbonyl (C=O) groups is 1. The molecule has 1 aromatic heterocycles. The summed E-state index contributed by atoms with van der Waals surface area (Å²) in [4.78, 5) is 16.0. The Balaban J connectivity index is 1.58. The third kappa shape index (κ3) is 3.28. The molecule has 0 spiro atoms. The van der Waals surface area contributed by atoms with Crippen molar-refractivity contribution >= 4 is 17.4 Å². The van der Waals surface area contributed by atoms with E-state index in [4.69, 9.17) is 0 Å². The maximum absolute atomic E-state index is 11.9. The monoisotopic (exact) mass is 317 g/mol. The van der Waals surface area contributed by atoms with E-state index < -0.39 is 5.60 Å². The molecule has 0 fully saturated rings. The Morgan fingerprint density at radius 1 is 1.36 bits per heavy atom. The summed E-state index contributed by atoms with van der Waals surface area (Å²) in [5, 5.41) is 18.3. The van der Waals surface area contributed by atoms with Crippen LogP contribution in [-0.2, 0) is 18.6 Å². The Bertz CT molecular complexity index is 645. The number of aryl methyl sites for hydroxylation is 1. The smallest absolute Gasteiger partial charge is 0.315 e. The van der Waals surface area contributed by atoms with E-state index >= 15 is 0 Å². The molecule has 0 bridgehead atoms. The zero-order valence-electron chi connectivity index (χ0n) is 12.2. The fourth-order valence-corrected chi connectivity index (χ4v) is 3.42. The summed E-state index contributed by atoms with van der Waals surface area (Å²) in [5.41, 5.74) is 3.69. The van der Waals surface area contributed by atoms with E-state index in [9.17, 15) is 9.90 Å². The van der Waals surface area contributed by atoms with Gasteiger partial charge in [0.2, 0.25) is 0 Å². The van der Waals surface area contributed by atoms with Crippen molar-refractivity contribution in [1.29, 1.82) is 0 Å². The number of rotatable bonds is 4. The van der Waals surface area contributed by atoms with Gasteiger partial charge in [-0.05, 0) is 30.4 Å². The quantitative estimate of drug-likeness (QED) is 0.809. The minimum atomic E-state index is -0.979. The van der Waals surface area contributed by atoms with E-state index in [1.165, 1.54) is 16.9 Å². The lowest BCUT2D eigenvalue weighted by molar-refractivity contribution is 0.0217. The summed E-state index contributed by atoms with van der Waals surface area (Å²) in [5.74, 6) is 0. The Kier molecular flexibility index (Phi) is 4.40. The van der Waals surface area contributed by atoms with E-state index in [0.29, 0.717) is 13.0 Å². The van der Waals surface area contributed by atoms with Crippen LogP contribution in [0.15, 0.2) is 35.2 Å². The summed E-state index contributed by atoms with van der Waals surface area (Å²) in [7, 11) is 0. The van der Waals surface area contributed by atoms with Gasteiger partial charge in [-0.3, -0.25) is 0 Å². The van der Waals surface area contributed by atoms with E-state index in [2.05, 4.69) is 15.6 Å². The molecule has 5 nitrogen and oxygen atoms in total. The van der Waals surface area contributed by atoms with Gasteiger partial charge in [0, 0.05) is 5.38 Å². The minimum Gasteiger partial charge on any atom is -0.383 e. The summed E-state index contributed by atoms with van der Waals surface area (Å²) in [6.07, 6.45) is 2.57. The highest BCUT2D eigenvalue weighted by molar-refractivity contribution is 7.07. The third-order valence-corrected chi connectivity index (χ3v) is 4.65. The lowest BCUT2D eigenvalue weighted by Crippen LogP contribution is -2.46. The van der Waals surface area contributed by atoms with E-state index in [-0.39, 0.29) is 12.6 Å². The molecule has 1 unspecified atom stereocenters. The predicted octanol–water partition coefficient (Wildman–Crippen LogP) is 2.17. The van der Waals surface area contributed by atoms with Gasteiger partial charge in [0.1, 0.15) is 5.60 Å². The summed E-state index contributed by atoms with van der Waals surface area (Å²) >= 11 is 1.50. The van der Waals surface area contributed by atoms with Gasteiger partial charge in [0.25, 0.3) is 0 Å². The maximum Gasteiger partial charge on any atom is 0.315 e. The third-order valence-electron chi connectivity index (χ3n) is 4.01. The van der Waals surface area contributed by atoms with Gasteiger partial charge in [0.05, 0.1) is 24.3 Å². The normalized spacial score (nSPS) is 20.2. The van der Waals surface area contributed by atoms with E-state index in [1.54, 1.807) is 5.51 Å². The number of amides is 2. The number of nitrogens with one attached hydrogen (secondary N) is 2. The number of aliphatic hydroxyl groups is 1. The number of carbonyl (C=O) groups excluding carboxylic acids is 1. The molecule has 1 aromatic carbocycles. The molecule has 2 amide bonds. The van der Waals surface area contributed by atoms with Crippen LogP contribution in [0.2, 0.25) is 0 Å². The van der Waals surface area contributed by atoms with Crippen molar-refractivity contribution in [2.24, 2.45) is 0 Å². The van der Waals surface area contributed by atoms with Crippen LogP contribution >= 0.6 is 11.3 Å². The van der Waals surface area contributed by atoms with Crippen molar-refractivity contribution in [2.75, 3.05) is 6.54 Å². The molecule has 0 saturated heterocycles. The van der Waals surface area contributed by atoms with Crippen LogP contribution in [0.1, 0.15) is 29.7 Å². The predicted molar refractivity (Wildman–Crippen MR) is 85.6 cm³/mol. The fraction of sp³-hybridized carbons (Fsp3) is 0.375. The van der Waals surface area contributed by atoms with Gasteiger partial charge in [-0.25, -0.2) is 9.78 Å². The highest BCUT2D eigenvalue weighted by atomic mass is 32.1. The average Bonchev–Trinajstić information content (AvgIpc) is 3.05. The van der Waals surface area contributed by atoms with Crippen molar-refractivity contribution < 1.29 is 9.90 Å². The molecular weight excluding hydrogens is 298 g/mol. The molecule has 6 heteroatoms. The SMILES string of the molecule is O=C(NCc1cscn1)NCC1(O)CCCc2ccccc21. The van der Waals surface area contributed by atoms with Crippen molar-refractivity contribution in [3.8, 4) is 0 Å². The van der Waals surface area contributed by atoms with Gasteiger partial charge in [-0.2, -0.15) is 0 Å². The second-order valence-corrected chi connectivity index (χ2v) is 6.28. The van der Waals surface area contributed by atoms with Gasteiger partial charge in [-0.15, -0.1) is 11.3 Å². The van der Waals surface area contributed by atoms with Crippen LogP contribution in [0.4, 0.5) is 4.79 Å². The number of aromatic nitrogens is 1. The number of nitrogens with zero attached hydrogens (tertiary/aromatic N) is 1. The Hall–Kier alpha value is -1.92. The van der Waals surface area contributed by atoms with Gasteiger partial charge < -0.3 is 15.7 Å². The first-order valence-electron chi connectivity index (χ1n) is 7.37. The number of benzene rings is 1. The molecule has 1 aliphatic carbocycles. The van der Waals surface area contributed by atoms with Crippen molar-refractivity contribution in [1.82, 2.24) is 15.6 Å². The zero-order chi connectivity index (χ0) is 15.4. The van der Waals surface area contributed by atoms with Crippen molar-refractivity contribution in [3.63, 3.8) is 0 Å². The molecule has 2 aromatic rings. The Morgan fingerprint density at radius 2 is 2.23 bits per heavy atom. The number of fused-ring (bicyclic) bond motifs is 1. The highest BCUT2D eigenvalue weighted by Crippen LogP contribution is 2.34. The molecule has 1 atom stereocenters. The highest BCUT2D eigenvalue weighted by Gasteiger charge is 2.34. The van der Waals surface area contributed by atoms with Gasteiger partial charge >= 0.3 is 6.03 Å². The zero-order valence-corrected chi connectivity index (χ0v) is 13.0. The van der Waals surface area contributed by atoms with E-state index in [1.807, 2.05) is 29.6 Å². The molecule has 0 saturated carbocycles. The van der Waals surface area contributed by atoms with Gasteiger partial charge in [-0.1, -0.05) is 24.3 Å². The van der Waals surface area contributed by atoms with Crippen LogP contribution in [0.5, 0.6) is 0 Å². The van der Waals surface area contributed by atoms with Crippen molar-refractivity contribution in [3.05, 3.63) is 52.0 Å². The van der Waals surface area contributed by atoms with Crippen molar-refractivity contribution in [2.45, 2.75) is 31.4 Å². The van der Waals surface area contributed by atoms with Crippen LogP contribution in [0.25, 0.3) is 0 Å². The molecule has 1 heterocycles. The lowest BCUT2D eigenvalue weighted by Gasteiger charge is -2.34. The maximum atomic E-state index is 11.9. The first-order valence-corrected chi connectivity index (χ1v) is 8.31. The van der Waals surface area contributed by atoms with Crippen LogP contribution in [0.3, 0.4) is 0 Å². The summed E-state index contributed by atoms with van der Waals surface area (Å²) < 4.78 is 0. The van der Waals surface area contributed by atoms with Crippen LogP contribution in [0, 0.1) is 0 Å². The average molecular weight is 317 g/mol. The fourth-order valence-electron chi connectivity index (χ4n) is 2.87. The van der Waals surface area contributed by atoms with Gasteiger partial charge in [0.15, 0.2) is 0 Å². The second-order valence-electron chi connectivity index (χ2n) is 5.56. The standard InChI is InChI=1S/C16H19N3O2S/c20-15(17-8-13-9-22-11-19-13)18-10-16(21)7-3-5-12-4-1-2-6-14(12)16/h1-2,4,6,9,11,21H,3,5,7-8,10H2,(H2,17,18,20). The number of thiazole rings is 1. The number of hydrogen-bond donors (Lipinski definition) is 3. The Labute approximate surface area is 133 Å². The lowest BCUT2D eigenvalue weighted by atomic mass is 9.79. The first kappa shape index (κ1) is 15.0. The molecule has 3 N–H and O–H groups in total. The topological polar surface area (TPSA) is 74.2 Å². The molecule has 22 heavy (non-hydrogen) atoms. The number of hydrogen-bond acceptors (Lipinski definition) is 4. The molecule has 116 valence electrons. The largest absolute Gasteiger partial charge is 0.383 e. The summed E-state index contributed by atoms with van der Waals surface area (Å²) in [6.45, 7) is 0.608. The summed E-state index contributed by atoms with van der Waals surface area (Å²) in [6, 6.07) is 7.62.